The fraction of sp³-hybridized carbons (Fsp3) is 0.278. The minimum atomic E-state index is -0.816. The molecule has 0 saturated heterocycles. The van der Waals surface area contributed by atoms with E-state index in [-0.39, 0.29) is 18.1 Å². The number of carboxylic acids is 1. The Morgan fingerprint density at radius 3 is 2.73 bits per heavy atom. The van der Waals surface area contributed by atoms with E-state index in [0.29, 0.717) is 17.2 Å². The van der Waals surface area contributed by atoms with Crippen LogP contribution in [0.1, 0.15) is 29.5 Å². The van der Waals surface area contributed by atoms with Crippen molar-refractivity contribution in [2.75, 3.05) is 11.1 Å². The largest absolute Gasteiger partial charge is 0.481 e. The summed E-state index contributed by atoms with van der Waals surface area (Å²) in [5.41, 5.74) is 1.59. The maximum absolute atomic E-state index is 12.2. The van der Waals surface area contributed by atoms with Crippen molar-refractivity contribution >= 4 is 35.2 Å². The zero-order valence-corrected chi connectivity index (χ0v) is 15.0. The summed E-state index contributed by atoms with van der Waals surface area (Å²) in [5.74, 6) is -0.292. The third-order valence-corrected chi connectivity index (χ3v) is 4.44. The molecule has 0 aliphatic carbocycles. The first-order chi connectivity index (χ1) is 12.5. The smallest absolute Gasteiger partial charge is 0.304 e. The number of nitrogens with one attached hydrogen (secondary N) is 2. The molecule has 7 nitrogen and oxygen atoms in total. The van der Waals surface area contributed by atoms with Gasteiger partial charge >= 0.3 is 5.97 Å². The van der Waals surface area contributed by atoms with Crippen molar-refractivity contribution < 1.29 is 23.9 Å². The van der Waals surface area contributed by atoms with E-state index in [1.165, 1.54) is 24.1 Å². The number of benzene rings is 1. The zero-order valence-electron chi connectivity index (χ0n) is 14.2. The van der Waals surface area contributed by atoms with Gasteiger partial charge in [-0.2, -0.15) is 11.8 Å². The predicted molar refractivity (Wildman–Crippen MR) is 99.1 cm³/mol. The van der Waals surface area contributed by atoms with Crippen molar-refractivity contribution in [2.45, 2.75) is 25.1 Å². The van der Waals surface area contributed by atoms with E-state index < -0.39 is 17.9 Å². The van der Waals surface area contributed by atoms with E-state index in [1.807, 2.05) is 18.2 Å². The van der Waals surface area contributed by atoms with Crippen molar-refractivity contribution in [3.05, 3.63) is 54.0 Å². The van der Waals surface area contributed by atoms with Crippen LogP contribution in [-0.2, 0) is 15.3 Å². The molecular formula is C18H20N2O5S. The van der Waals surface area contributed by atoms with Crippen LogP contribution in [0.4, 0.5) is 5.69 Å². The number of anilines is 1. The van der Waals surface area contributed by atoms with Crippen LogP contribution >= 0.6 is 11.8 Å². The molecule has 2 amide bonds. The summed E-state index contributed by atoms with van der Waals surface area (Å²) in [6, 6.07) is 9.68. The molecule has 0 aliphatic rings. The molecule has 2 aromatic rings. The number of rotatable bonds is 9. The molecule has 138 valence electrons. The number of thioether (sulfide) groups is 1. The predicted octanol–water partition coefficient (Wildman–Crippen LogP) is 2.74. The minimum Gasteiger partial charge on any atom is -0.481 e. The molecule has 0 spiro atoms. The van der Waals surface area contributed by atoms with Gasteiger partial charge in [-0.1, -0.05) is 12.1 Å². The Hall–Kier alpha value is -2.74. The van der Waals surface area contributed by atoms with E-state index in [9.17, 15) is 14.4 Å². The molecule has 0 radical (unpaired) electrons. The molecule has 0 saturated carbocycles. The average Bonchev–Trinajstić information content (AvgIpc) is 3.13. The Kier molecular flexibility index (Phi) is 7.28. The van der Waals surface area contributed by atoms with E-state index in [1.54, 1.807) is 19.1 Å². The number of carbonyl (C=O) groups is 3. The quantitative estimate of drug-likeness (QED) is 0.581. The average molecular weight is 376 g/mol. The number of carbonyl (C=O) groups excluding carboxylic acids is 2. The molecule has 1 unspecified atom stereocenters. The van der Waals surface area contributed by atoms with Crippen molar-refractivity contribution in [1.29, 1.82) is 0 Å². The van der Waals surface area contributed by atoms with Gasteiger partial charge in [-0.25, -0.2) is 0 Å². The Morgan fingerprint density at radius 2 is 2.04 bits per heavy atom. The molecule has 0 aliphatic heterocycles. The molecule has 26 heavy (non-hydrogen) atoms. The van der Waals surface area contributed by atoms with E-state index >= 15 is 0 Å². The van der Waals surface area contributed by atoms with Gasteiger partial charge in [0.05, 0.1) is 12.7 Å². The van der Waals surface area contributed by atoms with Crippen molar-refractivity contribution in [1.82, 2.24) is 5.32 Å². The fourth-order valence-corrected chi connectivity index (χ4v) is 2.96. The summed E-state index contributed by atoms with van der Waals surface area (Å²) in [7, 11) is 0. The molecular weight excluding hydrogens is 356 g/mol. The van der Waals surface area contributed by atoms with Gasteiger partial charge in [-0.15, -0.1) is 0 Å². The molecule has 8 heteroatoms. The zero-order chi connectivity index (χ0) is 18.9. The fourth-order valence-electron chi connectivity index (χ4n) is 2.08. The molecule has 1 heterocycles. The van der Waals surface area contributed by atoms with Crippen LogP contribution < -0.4 is 10.6 Å². The number of furan rings is 1. The molecule has 1 aromatic heterocycles. The first-order valence-electron chi connectivity index (χ1n) is 7.99. The van der Waals surface area contributed by atoms with Gasteiger partial charge in [0.2, 0.25) is 5.91 Å². The number of hydrogen-bond acceptors (Lipinski definition) is 5. The lowest BCUT2D eigenvalue weighted by atomic mass is 10.2. The van der Waals surface area contributed by atoms with Gasteiger partial charge < -0.3 is 20.2 Å². The highest BCUT2D eigenvalue weighted by Crippen LogP contribution is 2.17. The second-order valence-electron chi connectivity index (χ2n) is 5.56. The van der Waals surface area contributed by atoms with E-state index in [4.69, 9.17) is 9.52 Å². The summed E-state index contributed by atoms with van der Waals surface area (Å²) in [6.45, 7) is 1.59. The van der Waals surface area contributed by atoms with Gasteiger partial charge in [0.25, 0.3) is 5.91 Å². The van der Waals surface area contributed by atoms with Gasteiger partial charge in [-0.05, 0) is 36.8 Å². The summed E-state index contributed by atoms with van der Waals surface area (Å²) in [5, 5.41) is 14.0. The summed E-state index contributed by atoms with van der Waals surface area (Å²) in [6.07, 6.45) is 1.51. The molecule has 2 rings (SSSR count). The van der Waals surface area contributed by atoms with Crippen molar-refractivity contribution in [3.63, 3.8) is 0 Å². The summed E-state index contributed by atoms with van der Waals surface area (Å²) >= 11 is 1.51. The van der Waals surface area contributed by atoms with Crippen LogP contribution in [-0.4, -0.2) is 34.7 Å². The highest BCUT2D eigenvalue weighted by Gasteiger charge is 2.18. The highest BCUT2D eigenvalue weighted by atomic mass is 32.2. The Morgan fingerprint density at radius 1 is 1.23 bits per heavy atom. The first kappa shape index (κ1) is 19.6. The monoisotopic (exact) mass is 376 g/mol. The minimum absolute atomic E-state index is 0.119. The maximum Gasteiger partial charge on any atom is 0.304 e. The normalized spacial score (nSPS) is 11.6. The van der Waals surface area contributed by atoms with Crippen LogP contribution in [0.3, 0.4) is 0 Å². The van der Waals surface area contributed by atoms with Gasteiger partial charge in [0.1, 0.15) is 6.04 Å². The number of amides is 2. The molecule has 3 N–H and O–H groups in total. The molecule has 0 bridgehead atoms. The molecule has 0 fully saturated rings. The maximum atomic E-state index is 12.2. The third-order valence-electron chi connectivity index (χ3n) is 3.41. The van der Waals surface area contributed by atoms with Crippen LogP contribution in [0.25, 0.3) is 0 Å². The topological polar surface area (TPSA) is 109 Å². The number of hydrogen-bond donors (Lipinski definition) is 3. The van der Waals surface area contributed by atoms with Crippen LogP contribution in [0.2, 0.25) is 0 Å². The third kappa shape index (κ3) is 6.29. The highest BCUT2D eigenvalue weighted by molar-refractivity contribution is 7.98. The lowest BCUT2D eigenvalue weighted by Crippen LogP contribution is -2.41. The summed E-state index contributed by atoms with van der Waals surface area (Å²) in [4.78, 5) is 34.6. The van der Waals surface area contributed by atoms with Crippen LogP contribution in [0.5, 0.6) is 0 Å². The number of aliphatic carboxylic acids is 1. The lowest BCUT2D eigenvalue weighted by Gasteiger charge is -2.14. The second kappa shape index (κ2) is 9.67. The van der Waals surface area contributed by atoms with Gasteiger partial charge in [0.15, 0.2) is 5.76 Å². The van der Waals surface area contributed by atoms with E-state index in [0.717, 1.165) is 5.56 Å². The standard InChI is InChI=1S/C18H20N2O5S/c1-12(19-18(24)15-6-3-8-25-15)17(23)20-14-5-2-4-13(10-14)11-26-9-7-16(21)22/h2-6,8,10,12H,7,9,11H2,1H3,(H,19,24)(H,20,23)(H,21,22). The van der Waals surface area contributed by atoms with Gasteiger partial charge in [-0.3, -0.25) is 14.4 Å². The summed E-state index contributed by atoms with van der Waals surface area (Å²) < 4.78 is 4.99. The van der Waals surface area contributed by atoms with Crippen molar-refractivity contribution in [2.24, 2.45) is 0 Å². The molecule has 1 aromatic carbocycles. The van der Waals surface area contributed by atoms with Gasteiger partial charge in [0, 0.05) is 17.2 Å². The van der Waals surface area contributed by atoms with Crippen LogP contribution in [0.15, 0.2) is 47.1 Å². The Labute approximate surface area is 155 Å². The van der Waals surface area contributed by atoms with E-state index in [2.05, 4.69) is 10.6 Å². The van der Waals surface area contributed by atoms with Crippen molar-refractivity contribution in [3.8, 4) is 0 Å². The lowest BCUT2D eigenvalue weighted by molar-refractivity contribution is -0.136. The molecule has 1 atom stereocenters. The Balaban J connectivity index is 1.84. The number of carboxylic acid groups (broad SMARTS) is 1. The second-order valence-corrected chi connectivity index (χ2v) is 6.66. The Bertz CT molecular complexity index is 761. The SMILES string of the molecule is CC(NC(=O)c1ccco1)C(=O)Nc1cccc(CSCCC(=O)O)c1. The van der Waals surface area contributed by atoms with Crippen LogP contribution in [0, 0.1) is 0 Å². The first-order valence-corrected chi connectivity index (χ1v) is 9.15.